The Bertz CT molecular complexity index is 192. The molecule has 0 bridgehead atoms. The van der Waals surface area contributed by atoms with Gasteiger partial charge in [0.15, 0.2) is 0 Å². The summed E-state index contributed by atoms with van der Waals surface area (Å²) in [7, 11) is 0. The molecule has 1 aliphatic carbocycles. The van der Waals surface area contributed by atoms with Crippen molar-refractivity contribution >= 4 is 0 Å². The molecule has 0 unspecified atom stereocenters. The van der Waals surface area contributed by atoms with E-state index < -0.39 is 0 Å². The van der Waals surface area contributed by atoms with E-state index in [4.69, 9.17) is 19.6 Å². The Morgan fingerprint density at radius 3 is 1.50 bits per heavy atom. The van der Waals surface area contributed by atoms with E-state index in [0.717, 1.165) is 12.8 Å². The molecule has 1 saturated heterocycles. The highest BCUT2D eigenvalue weighted by Gasteiger charge is 2.27. The van der Waals surface area contributed by atoms with Crippen molar-refractivity contribution in [3.63, 3.8) is 0 Å². The quantitative estimate of drug-likeness (QED) is 0.663. The van der Waals surface area contributed by atoms with Crippen LogP contribution in [0, 0.1) is 5.92 Å². The van der Waals surface area contributed by atoms with Gasteiger partial charge < -0.3 is 0 Å². The molecule has 1 aliphatic heterocycles. The van der Waals surface area contributed by atoms with Gasteiger partial charge in [-0.3, -0.25) is 0 Å². The topological polar surface area (TPSA) is 36.9 Å². The van der Waals surface area contributed by atoms with Crippen molar-refractivity contribution in [2.45, 2.75) is 76.9 Å². The average Bonchev–Trinajstić information content (AvgIpc) is 2.40. The summed E-state index contributed by atoms with van der Waals surface area (Å²) >= 11 is 0. The van der Waals surface area contributed by atoms with Crippen LogP contribution in [-0.4, -0.2) is 13.1 Å². The lowest BCUT2D eigenvalue weighted by molar-refractivity contribution is -0.567. The summed E-state index contributed by atoms with van der Waals surface area (Å²) in [6.07, 6.45) is 14.1. The third-order valence-corrected chi connectivity index (χ3v) is 3.96. The molecule has 2 rings (SSSR count). The average molecular weight is 258 g/mol. The van der Waals surface area contributed by atoms with Crippen LogP contribution in [-0.2, 0) is 19.6 Å². The molecule has 106 valence electrons. The maximum atomic E-state index is 5.19. The van der Waals surface area contributed by atoms with Gasteiger partial charge in [0.1, 0.15) is 0 Å². The Hall–Kier alpha value is -0.160. The molecule has 0 atom stereocenters. The van der Waals surface area contributed by atoms with E-state index in [2.05, 4.69) is 0 Å². The smallest absolute Gasteiger partial charge is 0.202 e. The van der Waals surface area contributed by atoms with Crippen LogP contribution in [0.5, 0.6) is 0 Å². The van der Waals surface area contributed by atoms with Gasteiger partial charge in [-0.05, 0) is 12.8 Å². The number of hydrogen-bond donors (Lipinski definition) is 0. The Labute approximate surface area is 110 Å². The molecule has 2 aliphatic rings. The van der Waals surface area contributed by atoms with Gasteiger partial charge in [-0.25, -0.2) is 9.78 Å². The molecular weight excluding hydrogens is 232 g/mol. The van der Waals surface area contributed by atoms with Crippen molar-refractivity contribution in [3.8, 4) is 0 Å². The zero-order valence-corrected chi connectivity index (χ0v) is 11.3. The summed E-state index contributed by atoms with van der Waals surface area (Å²) in [5.74, 6) is 0.407. The van der Waals surface area contributed by atoms with Crippen molar-refractivity contribution in [1.29, 1.82) is 0 Å². The summed E-state index contributed by atoms with van der Waals surface area (Å²) in [4.78, 5) is 20.1. The van der Waals surface area contributed by atoms with Gasteiger partial charge in [-0.15, -0.1) is 0 Å². The minimum absolute atomic E-state index is 0.0726. The normalized spacial score (nSPS) is 27.3. The summed E-state index contributed by atoms with van der Waals surface area (Å²) in [5.41, 5.74) is 0. The van der Waals surface area contributed by atoms with Crippen LogP contribution in [0.15, 0.2) is 0 Å². The van der Waals surface area contributed by atoms with E-state index in [1.807, 2.05) is 0 Å². The molecule has 1 saturated carbocycles. The Kier molecular flexibility index (Phi) is 7.01. The number of hydrogen-bond acceptors (Lipinski definition) is 4. The molecule has 0 aromatic heterocycles. The lowest BCUT2D eigenvalue weighted by Crippen LogP contribution is -2.32. The highest BCUT2D eigenvalue weighted by molar-refractivity contribution is 4.64. The second-order valence-corrected chi connectivity index (χ2v) is 5.43. The van der Waals surface area contributed by atoms with Gasteiger partial charge in [0, 0.05) is 5.92 Å². The molecule has 0 aromatic carbocycles. The molecule has 18 heavy (non-hydrogen) atoms. The summed E-state index contributed by atoms with van der Waals surface area (Å²) < 4.78 is 0. The van der Waals surface area contributed by atoms with Crippen molar-refractivity contribution in [2.24, 2.45) is 5.92 Å². The van der Waals surface area contributed by atoms with E-state index in [1.54, 1.807) is 0 Å². The monoisotopic (exact) mass is 258 g/mol. The molecule has 0 radical (unpaired) electrons. The van der Waals surface area contributed by atoms with Crippen LogP contribution in [0.1, 0.15) is 70.6 Å². The largest absolute Gasteiger partial charge is 0.227 e. The van der Waals surface area contributed by atoms with Crippen molar-refractivity contribution in [1.82, 2.24) is 0 Å². The van der Waals surface area contributed by atoms with E-state index in [9.17, 15) is 0 Å². The predicted octanol–water partition coefficient (Wildman–Crippen LogP) is 4.10. The van der Waals surface area contributed by atoms with Crippen LogP contribution in [0.3, 0.4) is 0 Å². The highest BCUT2D eigenvalue weighted by Crippen LogP contribution is 2.27. The zero-order chi connectivity index (χ0) is 12.5. The van der Waals surface area contributed by atoms with Crippen molar-refractivity contribution in [2.75, 3.05) is 6.79 Å². The Balaban J connectivity index is 1.76. The lowest BCUT2D eigenvalue weighted by Gasteiger charge is -2.28. The molecule has 0 amide bonds. The van der Waals surface area contributed by atoms with Gasteiger partial charge >= 0.3 is 0 Å². The molecule has 4 nitrogen and oxygen atoms in total. The van der Waals surface area contributed by atoms with Crippen LogP contribution in [0.4, 0.5) is 0 Å². The van der Waals surface area contributed by atoms with E-state index in [1.165, 1.54) is 57.8 Å². The standard InChI is InChI=1S/C14H26O4/c1-2-4-6-8-10-13(11-9-7-5-3-1)14-17-15-12-16-18-14/h13-14H,1-12H2. The van der Waals surface area contributed by atoms with Gasteiger partial charge in [-0.1, -0.05) is 57.8 Å². The summed E-state index contributed by atoms with van der Waals surface area (Å²) in [6.45, 7) is 0.0726. The van der Waals surface area contributed by atoms with E-state index >= 15 is 0 Å². The lowest BCUT2D eigenvalue weighted by atomic mass is 9.92. The van der Waals surface area contributed by atoms with Gasteiger partial charge in [0.25, 0.3) is 0 Å². The fraction of sp³-hybridized carbons (Fsp3) is 1.00. The number of rotatable bonds is 1. The molecule has 1 heterocycles. The molecule has 2 fully saturated rings. The van der Waals surface area contributed by atoms with Gasteiger partial charge in [-0.2, -0.15) is 9.78 Å². The first-order valence-electron chi connectivity index (χ1n) is 7.53. The van der Waals surface area contributed by atoms with Crippen molar-refractivity contribution < 1.29 is 19.6 Å². The maximum absolute atomic E-state index is 5.19. The fourth-order valence-corrected chi connectivity index (χ4v) is 2.85. The third-order valence-electron chi connectivity index (χ3n) is 3.96. The maximum Gasteiger partial charge on any atom is 0.227 e. The first-order chi connectivity index (χ1) is 8.97. The third kappa shape index (κ3) is 5.22. The first-order valence-corrected chi connectivity index (χ1v) is 7.53. The minimum atomic E-state index is -0.332. The molecule has 4 heteroatoms. The fourth-order valence-electron chi connectivity index (χ4n) is 2.85. The zero-order valence-electron chi connectivity index (χ0n) is 11.3. The van der Waals surface area contributed by atoms with Gasteiger partial charge in [0.2, 0.25) is 13.1 Å². The van der Waals surface area contributed by atoms with E-state index in [-0.39, 0.29) is 13.1 Å². The Morgan fingerprint density at radius 2 is 1.00 bits per heavy atom. The molecule has 0 N–H and O–H groups in total. The predicted molar refractivity (Wildman–Crippen MR) is 67.3 cm³/mol. The summed E-state index contributed by atoms with van der Waals surface area (Å²) in [5, 5.41) is 0. The first kappa shape index (κ1) is 14.3. The molecule has 0 aromatic rings. The highest BCUT2D eigenvalue weighted by atomic mass is 17.4. The van der Waals surface area contributed by atoms with Crippen LogP contribution in [0.25, 0.3) is 0 Å². The van der Waals surface area contributed by atoms with E-state index in [0.29, 0.717) is 5.92 Å². The van der Waals surface area contributed by atoms with Crippen molar-refractivity contribution in [3.05, 3.63) is 0 Å². The van der Waals surface area contributed by atoms with Crippen LogP contribution < -0.4 is 0 Å². The van der Waals surface area contributed by atoms with Gasteiger partial charge in [0.05, 0.1) is 0 Å². The molecule has 0 spiro atoms. The molecular formula is C14H26O4. The SMILES string of the molecule is C1CCCCCC(C2OOCOO2)CCCCC1. The minimum Gasteiger partial charge on any atom is -0.202 e. The van der Waals surface area contributed by atoms with Crippen LogP contribution >= 0.6 is 0 Å². The summed E-state index contributed by atoms with van der Waals surface area (Å²) in [6, 6.07) is 0. The second kappa shape index (κ2) is 8.86. The van der Waals surface area contributed by atoms with Crippen LogP contribution in [0.2, 0.25) is 0 Å². The Morgan fingerprint density at radius 1 is 0.556 bits per heavy atom. The second-order valence-electron chi connectivity index (χ2n) is 5.43.